The highest BCUT2D eigenvalue weighted by Gasteiger charge is 2.29. The van der Waals surface area contributed by atoms with Crippen molar-refractivity contribution in [3.63, 3.8) is 0 Å². The first kappa shape index (κ1) is 20.9. The third-order valence-corrected chi connectivity index (χ3v) is 5.46. The smallest absolute Gasteiger partial charge is 0.254 e. The van der Waals surface area contributed by atoms with Crippen molar-refractivity contribution in [2.24, 2.45) is 0 Å². The largest absolute Gasteiger partial charge is 0.493 e. The number of hydrogen-bond acceptors (Lipinski definition) is 3. The number of nitrogens with zero attached hydrogens (tertiary/aromatic N) is 1. The van der Waals surface area contributed by atoms with E-state index in [1.54, 1.807) is 0 Å². The first-order chi connectivity index (χ1) is 14.0. The van der Waals surface area contributed by atoms with Gasteiger partial charge in [-0.1, -0.05) is 30.3 Å². The Kier molecular flexibility index (Phi) is 7.28. The van der Waals surface area contributed by atoms with Gasteiger partial charge in [-0.2, -0.15) is 0 Å². The fourth-order valence-corrected chi connectivity index (χ4v) is 3.80. The van der Waals surface area contributed by atoms with E-state index in [0.717, 1.165) is 24.2 Å². The van der Waals surface area contributed by atoms with E-state index in [1.807, 2.05) is 59.5 Å². The number of carbonyl (C=O) groups excluding carboxylic acids is 2. The molecular weight excluding hydrogens is 364 g/mol. The Morgan fingerprint density at radius 1 is 1.00 bits per heavy atom. The molecule has 0 bridgehead atoms. The van der Waals surface area contributed by atoms with Crippen LogP contribution in [-0.2, 0) is 11.3 Å². The molecule has 1 saturated heterocycles. The lowest BCUT2D eigenvalue weighted by atomic mass is 9.96. The quantitative estimate of drug-likeness (QED) is 0.767. The minimum absolute atomic E-state index is 0.0583. The molecule has 2 aromatic carbocycles. The molecule has 0 radical (unpaired) electrons. The molecule has 29 heavy (non-hydrogen) atoms. The Bertz CT molecular complexity index is 795. The number of likely N-dealkylation sites (tertiary alicyclic amines) is 1. The highest BCUT2D eigenvalue weighted by Crippen LogP contribution is 2.24. The molecule has 5 heteroatoms. The molecule has 1 N–H and O–H groups in total. The number of rotatable bonds is 7. The second-order valence-electron chi connectivity index (χ2n) is 7.73. The summed E-state index contributed by atoms with van der Waals surface area (Å²) in [5.41, 5.74) is 1.68. The van der Waals surface area contributed by atoms with Crippen molar-refractivity contribution < 1.29 is 14.3 Å². The molecule has 2 amide bonds. The lowest BCUT2D eigenvalue weighted by molar-refractivity contribution is -0.121. The average Bonchev–Trinajstić information content (AvgIpc) is 2.73. The SMILES string of the molecule is CC1CCCC(C)N1C(=O)c1ccc(CNC(=O)CCOc2ccccc2)cc1. The Labute approximate surface area is 173 Å². The van der Waals surface area contributed by atoms with Crippen LogP contribution in [0.4, 0.5) is 0 Å². The van der Waals surface area contributed by atoms with Crippen molar-refractivity contribution in [1.29, 1.82) is 0 Å². The van der Waals surface area contributed by atoms with Gasteiger partial charge in [0.05, 0.1) is 13.0 Å². The molecule has 2 aromatic rings. The number of nitrogens with one attached hydrogen (secondary N) is 1. The maximum absolute atomic E-state index is 12.9. The predicted octanol–water partition coefficient (Wildman–Crippen LogP) is 4.18. The normalized spacial score (nSPS) is 18.9. The summed E-state index contributed by atoms with van der Waals surface area (Å²) in [7, 11) is 0. The Hall–Kier alpha value is -2.82. The summed E-state index contributed by atoms with van der Waals surface area (Å²) in [5, 5.41) is 2.90. The van der Waals surface area contributed by atoms with Crippen molar-refractivity contribution in [2.45, 2.75) is 58.2 Å². The van der Waals surface area contributed by atoms with Crippen LogP contribution in [0.1, 0.15) is 55.5 Å². The summed E-state index contributed by atoms with van der Waals surface area (Å²) in [5.74, 6) is 0.799. The molecule has 154 valence electrons. The fraction of sp³-hybridized carbons (Fsp3) is 0.417. The predicted molar refractivity (Wildman–Crippen MR) is 114 cm³/mol. The van der Waals surface area contributed by atoms with Crippen LogP contribution in [0.3, 0.4) is 0 Å². The minimum Gasteiger partial charge on any atom is -0.493 e. The van der Waals surface area contributed by atoms with Crippen LogP contribution in [0.2, 0.25) is 0 Å². The minimum atomic E-state index is -0.0583. The van der Waals surface area contributed by atoms with Crippen LogP contribution >= 0.6 is 0 Å². The summed E-state index contributed by atoms with van der Waals surface area (Å²) < 4.78 is 5.54. The zero-order valence-corrected chi connectivity index (χ0v) is 17.3. The lowest BCUT2D eigenvalue weighted by Gasteiger charge is -2.39. The van der Waals surface area contributed by atoms with Gasteiger partial charge in [-0.25, -0.2) is 0 Å². The zero-order chi connectivity index (χ0) is 20.6. The van der Waals surface area contributed by atoms with E-state index in [1.165, 1.54) is 6.42 Å². The molecule has 1 aliphatic rings. The van der Waals surface area contributed by atoms with Crippen molar-refractivity contribution >= 4 is 11.8 Å². The third-order valence-electron chi connectivity index (χ3n) is 5.46. The van der Waals surface area contributed by atoms with Gasteiger partial charge in [0.2, 0.25) is 5.91 Å². The second kappa shape index (κ2) is 10.1. The van der Waals surface area contributed by atoms with Crippen molar-refractivity contribution in [3.05, 3.63) is 65.7 Å². The third kappa shape index (κ3) is 5.83. The van der Waals surface area contributed by atoms with Crippen molar-refractivity contribution in [2.75, 3.05) is 6.61 Å². The monoisotopic (exact) mass is 394 g/mol. The van der Waals surface area contributed by atoms with E-state index in [4.69, 9.17) is 4.74 Å². The van der Waals surface area contributed by atoms with Gasteiger partial charge in [0.25, 0.3) is 5.91 Å². The summed E-state index contributed by atoms with van der Waals surface area (Å²) >= 11 is 0. The van der Waals surface area contributed by atoms with Gasteiger partial charge >= 0.3 is 0 Å². The van der Waals surface area contributed by atoms with Crippen LogP contribution in [0.25, 0.3) is 0 Å². The highest BCUT2D eigenvalue weighted by atomic mass is 16.5. The van der Waals surface area contributed by atoms with Crippen molar-refractivity contribution in [1.82, 2.24) is 10.2 Å². The van der Waals surface area contributed by atoms with Gasteiger partial charge in [0, 0.05) is 24.2 Å². The first-order valence-corrected chi connectivity index (χ1v) is 10.4. The fourth-order valence-electron chi connectivity index (χ4n) is 3.80. The molecule has 0 saturated carbocycles. The van der Waals surface area contributed by atoms with Gasteiger partial charge in [-0.05, 0) is 62.9 Å². The number of hydrogen-bond donors (Lipinski definition) is 1. The standard InChI is InChI=1S/C24H30N2O3/c1-18-7-6-8-19(2)26(18)24(28)21-13-11-20(12-14-21)17-25-23(27)15-16-29-22-9-4-3-5-10-22/h3-5,9-14,18-19H,6-8,15-17H2,1-2H3,(H,25,27). The molecular formula is C24H30N2O3. The molecule has 1 heterocycles. The summed E-state index contributed by atoms with van der Waals surface area (Å²) in [4.78, 5) is 26.9. The van der Waals surface area contributed by atoms with Gasteiger partial charge < -0.3 is 15.0 Å². The number of piperidine rings is 1. The number of para-hydroxylation sites is 1. The van der Waals surface area contributed by atoms with E-state index in [2.05, 4.69) is 19.2 Å². The lowest BCUT2D eigenvalue weighted by Crippen LogP contribution is -2.47. The second-order valence-corrected chi connectivity index (χ2v) is 7.73. The molecule has 2 unspecified atom stereocenters. The molecule has 2 atom stereocenters. The van der Waals surface area contributed by atoms with Gasteiger partial charge in [0.1, 0.15) is 5.75 Å². The Morgan fingerprint density at radius 2 is 1.66 bits per heavy atom. The summed E-state index contributed by atoms with van der Waals surface area (Å²) in [6.07, 6.45) is 3.61. The average molecular weight is 395 g/mol. The van der Waals surface area contributed by atoms with Crippen LogP contribution in [0.5, 0.6) is 5.75 Å². The van der Waals surface area contributed by atoms with E-state index in [9.17, 15) is 9.59 Å². The van der Waals surface area contributed by atoms with Gasteiger partial charge in [-0.3, -0.25) is 9.59 Å². The molecule has 1 aliphatic heterocycles. The summed E-state index contributed by atoms with van der Waals surface area (Å²) in [6, 6.07) is 17.6. The van der Waals surface area contributed by atoms with E-state index < -0.39 is 0 Å². The maximum atomic E-state index is 12.9. The maximum Gasteiger partial charge on any atom is 0.254 e. The topological polar surface area (TPSA) is 58.6 Å². The Morgan fingerprint density at radius 3 is 2.31 bits per heavy atom. The molecule has 1 fully saturated rings. The van der Waals surface area contributed by atoms with Crippen LogP contribution < -0.4 is 10.1 Å². The highest BCUT2D eigenvalue weighted by molar-refractivity contribution is 5.94. The zero-order valence-electron chi connectivity index (χ0n) is 17.3. The van der Waals surface area contributed by atoms with Gasteiger partial charge in [0.15, 0.2) is 0 Å². The van der Waals surface area contributed by atoms with Crippen LogP contribution in [-0.4, -0.2) is 35.4 Å². The molecule has 0 aliphatic carbocycles. The van der Waals surface area contributed by atoms with E-state index >= 15 is 0 Å². The number of carbonyl (C=O) groups is 2. The number of ether oxygens (including phenoxy) is 1. The Balaban J connectivity index is 1.45. The molecule has 0 spiro atoms. The molecule has 5 nitrogen and oxygen atoms in total. The number of amides is 2. The first-order valence-electron chi connectivity index (χ1n) is 10.4. The summed E-state index contributed by atoms with van der Waals surface area (Å²) in [6.45, 7) is 5.03. The van der Waals surface area contributed by atoms with Gasteiger partial charge in [-0.15, -0.1) is 0 Å². The van der Waals surface area contributed by atoms with E-state index in [0.29, 0.717) is 25.1 Å². The molecule has 0 aromatic heterocycles. The van der Waals surface area contributed by atoms with Crippen LogP contribution in [0.15, 0.2) is 54.6 Å². The molecule has 3 rings (SSSR count). The van der Waals surface area contributed by atoms with Crippen LogP contribution in [0, 0.1) is 0 Å². The van der Waals surface area contributed by atoms with E-state index in [-0.39, 0.29) is 23.9 Å². The van der Waals surface area contributed by atoms with Crippen molar-refractivity contribution in [3.8, 4) is 5.75 Å². The number of benzene rings is 2.